The summed E-state index contributed by atoms with van der Waals surface area (Å²) in [6.45, 7) is 5.29. The molecule has 7 heteroatoms. The number of carbonyl (C=O) groups is 2. The SMILES string of the molecule is CC(C)(C)OC(=O)NCCOC(=O)COc1ccc(Cl)cc1. The van der Waals surface area contributed by atoms with Crippen molar-refractivity contribution in [1.82, 2.24) is 5.32 Å². The van der Waals surface area contributed by atoms with Crippen LogP contribution < -0.4 is 10.1 Å². The lowest BCUT2D eigenvalue weighted by Crippen LogP contribution is -2.34. The topological polar surface area (TPSA) is 73.9 Å². The first kappa shape index (κ1) is 18.1. The number of halogens is 1. The monoisotopic (exact) mass is 329 g/mol. The second-order valence-corrected chi connectivity index (χ2v) is 5.83. The fourth-order valence-corrected chi connectivity index (χ4v) is 1.47. The molecule has 0 aliphatic rings. The number of nitrogens with one attached hydrogen (secondary N) is 1. The number of hydrogen-bond donors (Lipinski definition) is 1. The van der Waals surface area contributed by atoms with E-state index in [4.69, 9.17) is 25.8 Å². The summed E-state index contributed by atoms with van der Waals surface area (Å²) in [4.78, 5) is 22.8. The Morgan fingerprint density at radius 3 is 2.41 bits per heavy atom. The molecule has 1 N–H and O–H groups in total. The lowest BCUT2D eigenvalue weighted by Gasteiger charge is -2.19. The van der Waals surface area contributed by atoms with Crippen LogP contribution in [0, 0.1) is 0 Å². The lowest BCUT2D eigenvalue weighted by atomic mass is 10.2. The summed E-state index contributed by atoms with van der Waals surface area (Å²) in [7, 11) is 0. The van der Waals surface area contributed by atoms with Crippen LogP contribution in [-0.4, -0.2) is 37.4 Å². The van der Waals surface area contributed by atoms with Crippen molar-refractivity contribution in [2.45, 2.75) is 26.4 Å². The van der Waals surface area contributed by atoms with Gasteiger partial charge in [-0.25, -0.2) is 9.59 Å². The second kappa shape index (κ2) is 8.48. The van der Waals surface area contributed by atoms with Crippen molar-refractivity contribution in [3.05, 3.63) is 29.3 Å². The van der Waals surface area contributed by atoms with E-state index >= 15 is 0 Å². The molecule has 0 saturated heterocycles. The van der Waals surface area contributed by atoms with Crippen LogP contribution in [0.4, 0.5) is 4.79 Å². The Morgan fingerprint density at radius 2 is 1.82 bits per heavy atom. The number of ether oxygens (including phenoxy) is 3. The zero-order chi connectivity index (χ0) is 16.6. The van der Waals surface area contributed by atoms with Crippen LogP contribution in [0.5, 0.6) is 5.75 Å². The molecule has 0 saturated carbocycles. The van der Waals surface area contributed by atoms with E-state index in [2.05, 4.69) is 5.32 Å². The van der Waals surface area contributed by atoms with Gasteiger partial charge in [-0.2, -0.15) is 0 Å². The molecule has 0 radical (unpaired) electrons. The summed E-state index contributed by atoms with van der Waals surface area (Å²) in [6.07, 6.45) is -0.555. The number of amides is 1. The Hall–Kier alpha value is -1.95. The maximum absolute atomic E-state index is 11.4. The van der Waals surface area contributed by atoms with Crippen molar-refractivity contribution in [2.24, 2.45) is 0 Å². The fraction of sp³-hybridized carbons (Fsp3) is 0.467. The minimum absolute atomic E-state index is 0.0437. The first-order chi connectivity index (χ1) is 10.3. The van der Waals surface area contributed by atoms with Crippen molar-refractivity contribution in [2.75, 3.05) is 19.8 Å². The highest BCUT2D eigenvalue weighted by Gasteiger charge is 2.15. The molecular formula is C15H20ClNO5. The smallest absolute Gasteiger partial charge is 0.407 e. The molecule has 0 heterocycles. The third-order valence-electron chi connectivity index (χ3n) is 2.20. The molecule has 1 amide bonds. The largest absolute Gasteiger partial charge is 0.482 e. The Balaban J connectivity index is 2.13. The van der Waals surface area contributed by atoms with Gasteiger partial charge in [0.1, 0.15) is 18.0 Å². The van der Waals surface area contributed by atoms with Crippen LogP contribution in [0.25, 0.3) is 0 Å². The molecule has 0 bridgehead atoms. The Morgan fingerprint density at radius 1 is 1.18 bits per heavy atom. The van der Waals surface area contributed by atoms with Crippen LogP contribution in [0.2, 0.25) is 5.02 Å². The average Bonchev–Trinajstić information content (AvgIpc) is 2.41. The van der Waals surface area contributed by atoms with Crippen molar-refractivity contribution >= 4 is 23.7 Å². The van der Waals surface area contributed by atoms with Gasteiger partial charge in [0.15, 0.2) is 6.61 Å². The maximum atomic E-state index is 11.4. The number of rotatable bonds is 6. The van der Waals surface area contributed by atoms with E-state index in [0.29, 0.717) is 10.8 Å². The molecule has 1 aromatic carbocycles. The van der Waals surface area contributed by atoms with Crippen LogP contribution in [0.3, 0.4) is 0 Å². The van der Waals surface area contributed by atoms with Gasteiger partial charge in [-0.05, 0) is 45.0 Å². The minimum Gasteiger partial charge on any atom is -0.482 e. The third-order valence-corrected chi connectivity index (χ3v) is 2.46. The quantitative estimate of drug-likeness (QED) is 0.641. The van der Waals surface area contributed by atoms with Gasteiger partial charge in [-0.15, -0.1) is 0 Å². The van der Waals surface area contributed by atoms with Gasteiger partial charge in [0.05, 0.1) is 6.54 Å². The van der Waals surface area contributed by atoms with Crippen LogP contribution in [0.15, 0.2) is 24.3 Å². The predicted molar refractivity (Wildman–Crippen MR) is 82.1 cm³/mol. The molecule has 1 rings (SSSR count). The normalized spacial score (nSPS) is 10.7. The molecule has 122 valence electrons. The lowest BCUT2D eigenvalue weighted by molar-refractivity contribution is -0.145. The number of esters is 1. The summed E-state index contributed by atoms with van der Waals surface area (Å²) in [6, 6.07) is 6.62. The summed E-state index contributed by atoms with van der Waals surface area (Å²) in [5, 5.41) is 3.07. The van der Waals surface area contributed by atoms with E-state index in [1.165, 1.54) is 0 Å². The van der Waals surface area contributed by atoms with Crippen molar-refractivity contribution in [3.8, 4) is 5.75 Å². The Kier molecular flexibility index (Phi) is 6.98. The highest BCUT2D eigenvalue weighted by atomic mass is 35.5. The van der Waals surface area contributed by atoms with Crippen LogP contribution in [-0.2, 0) is 14.3 Å². The summed E-state index contributed by atoms with van der Waals surface area (Å²) in [5.74, 6) is -0.00540. The zero-order valence-electron chi connectivity index (χ0n) is 12.8. The zero-order valence-corrected chi connectivity index (χ0v) is 13.6. The molecule has 0 unspecified atom stereocenters. The van der Waals surface area contributed by atoms with Crippen molar-refractivity contribution in [1.29, 1.82) is 0 Å². The van der Waals surface area contributed by atoms with E-state index in [9.17, 15) is 9.59 Å². The number of hydrogen-bond acceptors (Lipinski definition) is 5. The van der Waals surface area contributed by atoms with Crippen molar-refractivity contribution in [3.63, 3.8) is 0 Å². The molecule has 0 aliphatic carbocycles. The predicted octanol–water partition coefficient (Wildman–Crippen LogP) is 2.79. The number of benzene rings is 1. The molecule has 1 aromatic rings. The average molecular weight is 330 g/mol. The van der Waals surface area contributed by atoms with Crippen LogP contribution >= 0.6 is 11.6 Å². The maximum Gasteiger partial charge on any atom is 0.407 e. The second-order valence-electron chi connectivity index (χ2n) is 5.39. The summed E-state index contributed by atoms with van der Waals surface area (Å²) < 4.78 is 15.2. The Bertz CT molecular complexity index is 496. The van der Waals surface area contributed by atoms with Gasteiger partial charge >= 0.3 is 12.1 Å². The molecule has 0 aromatic heterocycles. The standard InChI is InChI=1S/C15H20ClNO5/c1-15(2,3)22-14(19)17-8-9-20-13(18)10-21-12-6-4-11(16)5-7-12/h4-7H,8-10H2,1-3H3,(H,17,19). The summed E-state index contributed by atoms with van der Waals surface area (Å²) in [5.41, 5.74) is -0.562. The molecule has 0 fully saturated rings. The molecule has 0 spiro atoms. The molecule has 0 atom stereocenters. The summed E-state index contributed by atoms with van der Waals surface area (Å²) >= 11 is 5.73. The van der Waals surface area contributed by atoms with Crippen LogP contribution in [0.1, 0.15) is 20.8 Å². The highest BCUT2D eigenvalue weighted by molar-refractivity contribution is 6.30. The molecule has 0 aliphatic heterocycles. The molecule has 22 heavy (non-hydrogen) atoms. The fourth-order valence-electron chi connectivity index (χ4n) is 1.35. The van der Waals surface area contributed by atoms with Gasteiger partial charge in [0.2, 0.25) is 0 Å². The van der Waals surface area contributed by atoms with Gasteiger partial charge in [0.25, 0.3) is 0 Å². The van der Waals surface area contributed by atoms with Crippen molar-refractivity contribution < 1.29 is 23.8 Å². The Labute approximate surface area is 134 Å². The van der Waals surface area contributed by atoms with Gasteiger partial charge in [-0.1, -0.05) is 11.6 Å². The van der Waals surface area contributed by atoms with E-state index in [0.717, 1.165) is 0 Å². The highest BCUT2D eigenvalue weighted by Crippen LogP contribution is 2.15. The van der Waals surface area contributed by atoms with Gasteiger partial charge in [-0.3, -0.25) is 0 Å². The van der Waals surface area contributed by atoms with Gasteiger partial charge in [0, 0.05) is 5.02 Å². The minimum atomic E-state index is -0.562. The van der Waals surface area contributed by atoms with E-state index in [1.807, 2.05) is 0 Å². The third kappa shape index (κ3) is 8.36. The first-order valence-corrected chi connectivity index (χ1v) is 7.15. The number of alkyl carbamates (subject to hydrolysis) is 1. The van der Waals surface area contributed by atoms with E-state index < -0.39 is 17.7 Å². The molecule has 6 nitrogen and oxygen atoms in total. The van der Waals surface area contributed by atoms with E-state index in [-0.39, 0.29) is 19.8 Å². The first-order valence-electron chi connectivity index (χ1n) is 6.77. The van der Waals surface area contributed by atoms with E-state index in [1.54, 1.807) is 45.0 Å². The molecular weight excluding hydrogens is 310 g/mol. The number of carbonyl (C=O) groups excluding carboxylic acids is 2. The van der Waals surface area contributed by atoms with Gasteiger partial charge < -0.3 is 19.5 Å².